The molecule has 0 atom stereocenters. The minimum Gasteiger partial charge on any atom is -0.358 e. The van der Waals surface area contributed by atoms with Crippen LogP contribution in [0.15, 0.2) is 58.5 Å². The molecular weight excluding hydrogens is 240 g/mol. The normalized spacial score (nSPS) is 12.0. The van der Waals surface area contributed by atoms with Gasteiger partial charge in [0.25, 0.3) is 0 Å². The molecule has 0 radical (unpaired) electrons. The summed E-state index contributed by atoms with van der Waals surface area (Å²) in [6.07, 6.45) is 1.39. The summed E-state index contributed by atoms with van der Waals surface area (Å²) in [5, 5.41) is 9.94. The van der Waals surface area contributed by atoms with Gasteiger partial charge in [-0.2, -0.15) is 0 Å². The van der Waals surface area contributed by atoms with Crippen LogP contribution >= 0.6 is 0 Å². The van der Waals surface area contributed by atoms with Crippen LogP contribution in [0, 0.1) is 10.1 Å². The third-order valence-electron chi connectivity index (χ3n) is 2.04. The van der Waals surface area contributed by atoms with Crippen molar-refractivity contribution in [1.29, 1.82) is 0 Å². The largest absolute Gasteiger partial charge is 0.363 e. The summed E-state index contributed by atoms with van der Waals surface area (Å²) < 4.78 is 10.7. The Morgan fingerprint density at radius 2 is 1.65 bits per heavy atom. The first-order valence-corrected chi connectivity index (χ1v) is 5.91. The predicted molar refractivity (Wildman–Crippen MR) is 62.0 cm³/mol. The Kier molecular flexibility index (Phi) is 3.24. The quantitative estimate of drug-likeness (QED) is 0.376. The van der Waals surface area contributed by atoms with E-state index < -0.39 is 15.7 Å². The molecule has 86 valence electrons. The van der Waals surface area contributed by atoms with Crippen molar-refractivity contribution in [3.8, 4) is 0 Å². The number of hydrogen-bond donors (Lipinski definition) is 0. The van der Waals surface area contributed by atoms with Gasteiger partial charge in [0.15, 0.2) is 0 Å². The molecule has 1 aliphatic heterocycles. The van der Waals surface area contributed by atoms with E-state index in [1.807, 2.05) is 24.3 Å². The fourth-order valence-corrected chi connectivity index (χ4v) is 2.15. The Hall–Kier alpha value is -2.08. The van der Waals surface area contributed by atoms with Crippen molar-refractivity contribution in [3.63, 3.8) is 0 Å². The maximum Gasteiger partial charge on any atom is 0.363 e. The van der Waals surface area contributed by atoms with Crippen LogP contribution in [0.5, 0.6) is 0 Å². The molecule has 2 aromatic rings. The molecule has 1 aromatic carbocycles. The van der Waals surface area contributed by atoms with E-state index in [9.17, 15) is 14.3 Å². The molecule has 0 spiro atoms. The Morgan fingerprint density at radius 3 is 2.00 bits per heavy atom. The van der Waals surface area contributed by atoms with Crippen LogP contribution in [0.4, 0.5) is 5.82 Å². The van der Waals surface area contributed by atoms with Gasteiger partial charge in [0.2, 0.25) is 0 Å². The van der Waals surface area contributed by atoms with Gasteiger partial charge in [0, 0.05) is 6.07 Å². The van der Waals surface area contributed by atoms with Crippen LogP contribution in [0.3, 0.4) is 0 Å². The summed E-state index contributed by atoms with van der Waals surface area (Å²) in [6, 6.07) is 12.2. The second kappa shape index (κ2) is 4.84. The van der Waals surface area contributed by atoms with Gasteiger partial charge in [0.05, 0.1) is 20.6 Å². The lowest BCUT2D eigenvalue weighted by Crippen LogP contribution is -1.88. The van der Waals surface area contributed by atoms with E-state index in [0.29, 0.717) is 0 Å². The molecule has 1 aromatic heterocycles. The Balaban J connectivity index is 0.000000127. The number of rotatable bonds is 1. The first kappa shape index (κ1) is 11.4. The predicted octanol–water partition coefficient (Wildman–Crippen LogP) is 2.16. The summed E-state index contributed by atoms with van der Waals surface area (Å²) in [4.78, 5) is 14.9. The second-order valence-corrected chi connectivity index (χ2v) is 4.58. The molecule has 3 rings (SSSR count). The first-order chi connectivity index (χ1) is 8.20. The third kappa shape index (κ3) is 2.73. The topological polar surface area (TPSA) is 73.1 Å². The van der Waals surface area contributed by atoms with Crippen molar-refractivity contribution < 1.29 is 9.13 Å². The fourth-order valence-electron chi connectivity index (χ4n) is 1.19. The molecule has 1 aliphatic rings. The zero-order valence-corrected chi connectivity index (χ0v) is 9.46. The Labute approximate surface area is 99.7 Å². The Bertz CT molecular complexity index is 547. The van der Waals surface area contributed by atoms with Gasteiger partial charge in [0.1, 0.15) is 6.20 Å². The summed E-state index contributed by atoms with van der Waals surface area (Å²) in [6.45, 7) is 0. The molecule has 0 saturated heterocycles. The van der Waals surface area contributed by atoms with Crippen molar-refractivity contribution in [3.05, 3.63) is 58.8 Å². The molecule has 0 unspecified atom stereocenters. The molecule has 0 amide bonds. The van der Waals surface area contributed by atoms with Gasteiger partial charge in [-0.1, -0.05) is 18.2 Å². The van der Waals surface area contributed by atoms with Crippen molar-refractivity contribution in [2.24, 2.45) is 0 Å². The lowest BCUT2D eigenvalue weighted by atomic mass is 10.4. The summed E-state index contributed by atoms with van der Waals surface area (Å²) >= 11 is 0. The number of aromatic nitrogens is 1. The maximum absolute atomic E-state index is 10.7. The number of nitrogens with zero attached hydrogens (tertiary/aromatic N) is 2. The average Bonchev–Trinajstić information content (AvgIpc) is 3.03. The number of hydrogen-bond acceptors (Lipinski definition) is 4. The minimum absolute atomic E-state index is 0.113. The van der Waals surface area contributed by atoms with Crippen LogP contribution in [0.1, 0.15) is 0 Å². The maximum atomic E-state index is 10.7. The highest BCUT2D eigenvalue weighted by atomic mass is 32.2. The van der Waals surface area contributed by atoms with E-state index in [2.05, 4.69) is 4.98 Å². The van der Waals surface area contributed by atoms with Crippen LogP contribution in [0.2, 0.25) is 0 Å². The van der Waals surface area contributed by atoms with Gasteiger partial charge in [-0.15, -0.1) is 0 Å². The van der Waals surface area contributed by atoms with Gasteiger partial charge in [-0.05, 0) is 28.1 Å². The first-order valence-electron chi connectivity index (χ1n) is 4.76. The molecule has 0 fully saturated rings. The van der Waals surface area contributed by atoms with Crippen molar-refractivity contribution >= 4 is 16.6 Å². The summed E-state index contributed by atoms with van der Waals surface area (Å²) in [5.74, 6) is -0.113. The lowest BCUT2D eigenvalue weighted by molar-refractivity contribution is -0.389. The molecule has 2 heterocycles. The van der Waals surface area contributed by atoms with Crippen LogP contribution in [0.25, 0.3) is 0 Å². The molecule has 0 N–H and O–H groups in total. The van der Waals surface area contributed by atoms with E-state index >= 15 is 0 Å². The Morgan fingerprint density at radius 1 is 1.06 bits per heavy atom. The van der Waals surface area contributed by atoms with Crippen LogP contribution < -0.4 is 0 Å². The monoisotopic (exact) mass is 248 g/mol. The number of nitro groups is 1. The summed E-state index contributed by atoms with van der Waals surface area (Å²) in [7, 11) is -0.715. The van der Waals surface area contributed by atoms with E-state index in [4.69, 9.17) is 0 Å². The van der Waals surface area contributed by atoms with Gasteiger partial charge in [-0.25, -0.2) is 4.21 Å². The zero-order chi connectivity index (χ0) is 12.3. The summed E-state index contributed by atoms with van der Waals surface area (Å²) in [5.41, 5.74) is 0. The number of benzene rings is 1. The van der Waals surface area contributed by atoms with Crippen molar-refractivity contribution in [1.82, 2.24) is 4.98 Å². The molecule has 0 aliphatic carbocycles. The fraction of sp³-hybridized carbons (Fsp3) is 0. The number of pyridine rings is 1. The molecule has 5 nitrogen and oxygen atoms in total. The lowest BCUT2D eigenvalue weighted by Gasteiger charge is -1.86. The number of fused-ring (bicyclic) bond motifs is 1. The van der Waals surface area contributed by atoms with Gasteiger partial charge >= 0.3 is 5.82 Å². The van der Waals surface area contributed by atoms with Crippen molar-refractivity contribution in [2.45, 2.75) is 9.79 Å². The van der Waals surface area contributed by atoms with Gasteiger partial charge < -0.3 is 10.1 Å². The molecule has 0 saturated carbocycles. The molecule has 17 heavy (non-hydrogen) atoms. The molecule has 6 heteroatoms. The van der Waals surface area contributed by atoms with E-state index in [1.165, 1.54) is 12.3 Å². The highest BCUT2D eigenvalue weighted by molar-refractivity contribution is 7.90. The zero-order valence-electron chi connectivity index (χ0n) is 8.65. The van der Waals surface area contributed by atoms with Gasteiger partial charge in [-0.3, -0.25) is 0 Å². The minimum atomic E-state index is -0.715. The highest BCUT2D eigenvalue weighted by Gasteiger charge is 2.26. The standard InChI is InChI=1S/C6H4OS.C5H4N2O2/c7-8-5-3-1-2-4-6(5)8;8-7(9)5-3-1-2-4-6-5/h1-4H;1-4H. The van der Waals surface area contributed by atoms with Crippen molar-refractivity contribution in [2.75, 3.05) is 0 Å². The van der Waals surface area contributed by atoms with E-state index in [1.54, 1.807) is 12.1 Å². The van der Waals surface area contributed by atoms with Crippen LogP contribution in [-0.4, -0.2) is 14.1 Å². The average molecular weight is 248 g/mol. The molecule has 0 bridgehead atoms. The van der Waals surface area contributed by atoms with E-state index in [0.717, 1.165) is 9.79 Å². The SMILES string of the molecule is O=S1c2ccccc21.O=[N+]([O-])c1ccccn1. The van der Waals surface area contributed by atoms with Crippen LogP contribution in [-0.2, 0) is 10.8 Å². The molecular formula is C11H8N2O3S. The smallest absolute Gasteiger partial charge is 0.358 e. The van der Waals surface area contributed by atoms with E-state index in [-0.39, 0.29) is 5.82 Å². The second-order valence-electron chi connectivity index (χ2n) is 3.16. The highest BCUT2D eigenvalue weighted by Crippen LogP contribution is 2.34. The third-order valence-corrected chi connectivity index (χ3v) is 3.35.